The van der Waals surface area contributed by atoms with Crippen LogP contribution >= 0.6 is 11.6 Å². The molecule has 2 saturated heterocycles. The highest BCUT2D eigenvalue weighted by molar-refractivity contribution is 6.17. The predicted molar refractivity (Wildman–Crippen MR) is 111 cm³/mol. The van der Waals surface area contributed by atoms with E-state index in [0.29, 0.717) is 32.1 Å². The van der Waals surface area contributed by atoms with Gasteiger partial charge in [-0.25, -0.2) is 0 Å². The van der Waals surface area contributed by atoms with Crippen LogP contribution in [0.4, 0.5) is 0 Å². The maximum atomic E-state index is 11.1. The second-order valence-corrected chi connectivity index (χ2v) is 7.76. The fourth-order valence-electron chi connectivity index (χ4n) is 3.68. The van der Waals surface area contributed by atoms with E-state index < -0.39 is 37.0 Å². The van der Waals surface area contributed by atoms with Gasteiger partial charge < -0.3 is 28.8 Å². The first kappa shape index (κ1) is 21.7. The molecule has 162 valence electrons. The average Bonchev–Trinajstić information content (AvgIpc) is 2.80. The molecule has 0 radical (unpaired) electrons. The molecule has 6 nitrogen and oxygen atoms in total. The minimum Gasteiger partial charge on any atom is -0.387 e. The SMILES string of the molecule is O[C@H]1[C@H]2O[C@@H](c3ccccc3)OC[C@H]2O[C@@H](OCCCCl)[C@@H]1OCc1ccccc1. The highest BCUT2D eigenvalue weighted by Crippen LogP contribution is 2.35. The molecule has 30 heavy (non-hydrogen) atoms. The topological polar surface area (TPSA) is 66.4 Å². The van der Waals surface area contributed by atoms with Crippen molar-refractivity contribution in [2.75, 3.05) is 19.1 Å². The Labute approximate surface area is 181 Å². The number of alkyl halides is 1. The fourth-order valence-corrected chi connectivity index (χ4v) is 3.79. The van der Waals surface area contributed by atoms with E-state index in [4.69, 9.17) is 35.3 Å². The van der Waals surface area contributed by atoms with Crippen LogP contribution < -0.4 is 0 Å². The van der Waals surface area contributed by atoms with E-state index in [1.165, 1.54) is 0 Å². The van der Waals surface area contributed by atoms with E-state index >= 15 is 0 Å². The molecular weight excluding hydrogens is 408 g/mol. The van der Waals surface area contributed by atoms with Gasteiger partial charge in [-0.3, -0.25) is 0 Å². The standard InChI is InChI=1S/C23H27ClO6/c24-12-7-13-26-23-21(27-14-16-8-3-1-4-9-16)19(25)20-18(29-23)15-28-22(30-20)17-10-5-2-6-11-17/h1-6,8-11,18-23,25H,7,12-15H2/t18-,19+,20+,21-,22+,23-/m1/s1. The van der Waals surface area contributed by atoms with Crippen molar-refractivity contribution in [1.82, 2.24) is 0 Å². The Bertz CT molecular complexity index is 761. The summed E-state index contributed by atoms with van der Waals surface area (Å²) < 4.78 is 29.9. The molecular formula is C23H27ClO6. The zero-order valence-electron chi connectivity index (χ0n) is 16.6. The molecule has 0 aliphatic carbocycles. The summed E-state index contributed by atoms with van der Waals surface area (Å²) in [5.74, 6) is 0.488. The highest BCUT2D eigenvalue weighted by atomic mass is 35.5. The van der Waals surface area contributed by atoms with Crippen LogP contribution in [0.15, 0.2) is 60.7 Å². The van der Waals surface area contributed by atoms with Gasteiger partial charge in [-0.1, -0.05) is 60.7 Å². The molecule has 2 aromatic rings. The van der Waals surface area contributed by atoms with E-state index in [9.17, 15) is 5.11 Å². The molecule has 0 unspecified atom stereocenters. The summed E-state index contributed by atoms with van der Waals surface area (Å²) >= 11 is 5.77. The molecule has 7 heteroatoms. The van der Waals surface area contributed by atoms with E-state index in [2.05, 4.69) is 0 Å². The van der Waals surface area contributed by atoms with Crippen molar-refractivity contribution in [3.05, 3.63) is 71.8 Å². The van der Waals surface area contributed by atoms with Gasteiger partial charge in [0, 0.05) is 11.4 Å². The second kappa shape index (κ2) is 10.7. The largest absolute Gasteiger partial charge is 0.387 e. The third-order valence-electron chi connectivity index (χ3n) is 5.23. The Morgan fingerprint density at radius 1 is 0.967 bits per heavy atom. The first-order chi connectivity index (χ1) is 14.8. The van der Waals surface area contributed by atoms with E-state index in [1.54, 1.807) is 0 Å². The number of benzene rings is 2. The molecule has 2 fully saturated rings. The van der Waals surface area contributed by atoms with Gasteiger partial charge in [-0.2, -0.15) is 0 Å². The van der Waals surface area contributed by atoms with Gasteiger partial charge in [0.15, 0.2) is 12.6 Å². The van der Waals surface area contributed by atoms with Crippen molar-refractivity contribution in [2.45, 2.75) is 50.0 Å². The summed E-state index contributed by atoms with van der Waals surface area (Å²) in [4.78, 5) is 0. The number of ether oxygens (including phenoxy) is 5. The third-order valence-corrected chi connectivity index (χ3v) is 5.49. The van der Waals surface area contributed by atoms with Gasteiger partial charge in [-0.15, -0.1) is 11.6 Å². The number of aliphatic hydroxyl groups is 1. The summed E-state index contributed by atoms with van der Waals surface area (Å²) in [6.07, 6.45) is -3.27. The third kappa shape index (κ3) is 5.21. The fraction of sp³-hybridized carbons (Fsp3) is 0.478. The zero-order valence-corrected chi connectivity index (χ0v) is 17.4. The minimum atomic E-state index is -0.927. The van der Waals surface area contributed by atoms with Gasteiger partial charge in [0.05, 0.1) is 19.8 Å². The molecule has 0 saturated carbocycles. The Morgan fingerprint density at radius 3 is 2.43 bits per heavy atom. The zero-order chi connectivity index (χ0) is 20.8. The lowest BCUT2D eigenvalue weighted by molar-refractivity contribution is -0.366. The van der Waals surface area contributed by atoms with Crippen LogP contribution in [-0.4, -0.2) is 54.9 Å². The molecule has 0 bridgehead atoms. The maximum Gasteiger partial charge on any atom is 0.186 e. The summed E-state index contributed by atoms with van der Waals surface area (Å²) in [7, 11) is 0. The van der Waals surface area contributed by atoms with Crippen LogP contribution in [-0.2, 0) is 30.3 Å². The number of hydrogen-bond donors (Lipinski definition) is 1. The van der Waals surface area contributed by atoms with Crippen LogP contribution in [0.2, 0.25) is 0 Å². The molecule has 0 aromatic heterocycles. The molecule has 0 spiro atoms. The number of fused-ring (bicyclic) bond motifs is 1. The average molecular weight is 435 g/mol. The van der Waals surface area contributed by atoms with Crippen molar-refractivity contribution < 1.29 is 28.8 Å². The molecule has 2 aliphatic heterocycles. The van der Waals surface area contributed by atoms with Crippen LogP contribution in [0, 0.1) is 0 Å². The lowest BCUT2D eigenvalue weighted by Gasteiger charge is -2.47. The van der Waals surface area contributed by atoms with Crippen LogP contribution in [0.1, 0.15) is 23.8 Å². The monoisotopic (exact) mass is 434 g/mol. The predicted octanol–water partition coefficient (Wildman–Crippen LogP) is 3.42. The summed E-state index contributed by atoms with van der Waals surface area (Å²) in [5.41, 5.74) is 1.90. The van der Waals surface area contributed by atoms with Crippen LogP contribution in [0.3, 0.4) is 0 Å². The van der Waals surface area contributed by atoms with Crippen molar-refractivity contribution >= 4 is 11.6 Å². The Balaban J connectivity index is 1.46. The summed E-state index contributed by atoms with van der Waals surface area (Å²) in [6.45, 7) is 1.04. The first-order valence-corrected chi connectivity index (χ1v) is 10.8. The van der Waals surface area contributed by atoms with E-state index in [1.807, 2.05) is 60.7 Å². The number of halogens is 1. The van der Waals surface area contributed by atoms with Crippen molar-refractivity contribution in [3.63, 3.8) is 0 Å². The molecule has 2 heterocycles. The number of hydrogen-bond acceptors (Lipinski definition) is 6. The number of rotatable bonds is 8. The highest BCUT2D eigenvalue weighted by Gasteiger charge is 2.50. The summed E-state index contributed by atoms with van der Waals surface area (Å²) in [6, 6.07) is 19.4. The lowest BCUT2D eigenvalue weighted by Crippen LogP contribution is -2.62. The lowest BCUT2D eigenvalue weighted by atomic mass is 9.97. The first-order valence-electron chi connectivity index (χ1n) is 10.2. The molecule has 4 rings (SSSR count). The van der Waals surface area contributed by atoms with Gasteiger partial charge in [0.25, 0.3) is 0 Å². The Kier molecular flexibility index (Phi) is 7.73. The Hall–Kier alpha value is -1.51. The van der Waals surface area contributed by atoms with Gasteiger partial charge in [-0.05, 0) is 12.0 Å². The van der Waals surface area contributed by atoms with Gasteiger partial charge in [0.2, 0.25) is 0 Å². The van der Waals surface area contributed by atoms with Gasteiger partial charge in [0.1, 0.15) is 24.4 Å². The Morgan fingerprint density at radius 2 is 1.70 bits per heavy atom. The van der Waals surface area contributed by atoms with Crippen molar-refractivity contribution in [1.29, 1.82) is 0 Å². The summed E-state index contributed by atoms with van der Waals surface area (Å²) in [5, 5.41) is 11.1. The number of aliphatic hydroxyl groups excluding tert-OH is 1. The van der Waals surface area contributed by atoms with Gasteiger partial charge >= 0.3 is 0 Å². The molecule has 2 aromatic carbocycles. The smallest absolute Gasteiger partial charge is 0.186 e. The van der Waals surface area contributed by atoms with E-state index in [0.717, 1.165) is 11.1 Å². The van der Waals surface area contributed by atoms with Crippen molar-refractivity contribution in [2.24, 2.45) is 0 Å². The molecule has 1 N–H and O–H groups in total. The maximum absolute atomic E-state index is 11.1. The minimum absolute atomic E-state index is 0.294. The van der Waals surface area contributed by atoms with Crippen molar-refractivity contribution in [3.8, 4) is 0 Å². The second-order valence-electron chi connectivity index (χ2n) is 7.38. The van der Waals surface area contributed by atoms with E-state index in [-0.39, 0.29) is 0 Å². The molecule has 0 amide bonds. The quantitative estimate of drug-likeness (QED) is 0.507. The molecule has 6 atom stereocenters. The normalized spacial score (nSPS) is 31.3. The van der Waals surface area contributed by atoms with Crippen LogP contribution in [0.25, 0.3) is 0 Å². The van der Waals surface area contributed by atoms with Crippen LogP contribution in [0.5, 0.6) is 0 Å². The molecule has 2 aliphatic rings.